The fourth-order valence-electron chi connectivity index (χ4n) is 1.62. The maximum Gasteiger partial charge on any atom is 0.283 e. The van der Waals surface area contributed by atoms with E-state index in [0.717, 1.165) is 0 Å². The molecule has 3 aromatic rings. The van der Waals surface area contributed by atoms with E-state index >= 15 is 0 Å². The molecule has 20 heavy (non-hydrogen) atoms. The van der Waals surface area contributed by atoms with Crippen molar-refractivity contribution in [1.82, 2.24) is 25.1 Å². The molecule has 3 rings (SSSR count). The Balaban J connectivity index is 1.80. The molecule has 3 aromatic heterocycles. The average Bonchev–Trinajstić information content (AvgIpc) is 3.04. The first kappa shape index (κ1) is 12.7. The molecule has 0 aliphatic carbocycles. The van der Waals surface area contributed by atoms with Crippen LogP contribution in [0.5, 0.6) is 0 Å². The highest BCUT2D eigenvalue weighted by atomic mass is 35.5. The number of hydrogen-bond donors (Lipinski definition) is 2. The number of rotatable bonds is 4. The van der Waals surface area contributed by atoms with Crippen molar-refractivity contribution in [3.8, 4) is 0 Å². The van der Waals surface area contributed by atoms with Gasteiger partial charge in [0.2, 0.25) is 5.28 Å². The molecule has 0 fully saturated rings. The Bertz CT molecular complexity index is 742. The smallest absolute Gasteiger partial charge is 0.283 e. The largest absolute Gasteiger partial charge is 0.361 e. The zero-order valence-electron chi connectivity index (χ0n) is 9.77. The third-order valence-corrected chi connectivity index (χ3v) is 2.66. The second-order valence-corrected chi connectivity index (χ2v) is 4.15. The lowest BCUT2D eigenvalue weighted by atomic mass is 10.3. The second kappa shape index (κ2) is 5.00. The van der Waals surface area contributed by atoms with Crippen LogP contribution in [0.4, 0.5) is 14.6 Å². The molecular formula is C10H7ClF2N6O. The summed E-state index contributed by atoms with van der Waals surface area (Å²) in [6.45, 7) is 0.126. The van der Waals surface area contributed by atoms with Crippen LogP contribution in [0.25, 0.3) is 11.2 Å². The fourth-order valence-corrected chi connectivity index (χ4v) is 1.79. The van der Waals surface area contributed by atoms with Crippen molar-refractivity contribution in [1.29, 1.82) is 0 Å². The minimum Gasteiger partial charge on any atom is -0.361 e. The standard InChI is InChI=1S/C10H7ClF2N6O/c11-10-17-8(6-9(18-10)16-3-15-6)14-2-4-1-5(7(12)13)19-20-4/h1,3,7H,2H2,(H2,14,15,16,17,18). The average molecular weight is 301 g/mol. The summed E-state index contributed by atoms with van der Waals surface area (Å²) in [4.78, 5) is 14.7. The van der Waals surface area contributed by atoms with Gasteiger partial charge in [-0.05, 0) is 11.6 Å². The Kier molecular flexibility index (Phi) is 3.18. The number of aromatic amines is 1. The van der Waals surface area contributed by atoms with Crippen molar-refractivity contribution in [3.05, 3.63) is 29.1 Å². The number of alkyl halides is 2. The van der Waals surface area contributed by atoms with E-state index in [1.807, 2.05) is 0 Å². The van der Waals surface area contributed by atoms with Crippen molar-refractivity contribution in [2.24, 2.45) is 0 Å². The van der Waals surface area contributed by atoms with Crippen LogP contribution in [0.15, 0.2) is 16.9 Å². The van der Waals surface area contributed by atoms with Gasteiger partial charge in [0.15, 0.2) is 17.2 Å². The first-order valence-electron chi connectivity index (χ1n) is 5.47. The SMILES string of the molecule is FC(F)c1cc(CNc2nc(Cl)nc3nc[nH]c23)on1. The van der Waals surface area contributed by atoms with Gasteiger partial charge in [-0.25, -0.2) is 13.8 Å². The Labute approximate surface area is 115 Å². The minimum absolute atomic E-state index is 0.0259. The molecule has 104 valence electrons. The number of fused-ring (bicyclic) bond motifs is 1. The van der Waals surface area contributed by atoms with E-state index < -0.39 is 12.1 Å². The summed E-state index contributed by atoms with van der Waals surface area (Å²) in [7, 11) is 0. The van der Waals surface area contributed by atoms with Crippen LogP contribution >= 0.6 is 11.6 Å². The van der Waals surface area contributed by atoms with Gasteiger partial charge < -0.3 is 14.8 Å². The number of nitrogens with one attached hydrogen (secondary N) is 2. The van der Waals surface area contributed by atoms with Gasteiger partial charge in [-0.15, -0.1) is 0 Å². The molecule has 0 atom stereocenters. The molecule has 0 saturated heterocycles. The van der Waals surface area contributed by atoms with Crippen molar-refractivity contribution in [3.63, 3.8) is 0 Å². The molecule has 10 heteroatoms. The van der Waals surface area contributed by atoms with Gasteiger partial charge in [0, 0.05) is 6.07 Å². The number of halogens is 3. The summed E-state index contributed by atoms with van der Waals surface area (Å²) in [6, 6.07) is 1.17. The molecule has 0 saturated carbocycles. The lowest BCUT2D eigenvalue weighted by Crippen LogP contribution is -2.02. The van der Waals surface area contributed by atoms with E-state index in [0.29, 0.717) is 17.0 Å². The van der Waals surface area contributed by atoms with Gasteiger partial charge in [0.1, 0.15) is 11.2 Å². The molecule has 0 spiro atoms. The van der Waals surface area contributed by atoms with E-state index in [4.69, 9.17) is 16.1 Å². The Morgan fingerprint density at radius 1 is 1.40 bits per heavy atom. The van der Waals surface area contributed by atoms with E-state index in [9.17, 15) is 8.78 Å². The van der Waals surface area contributed by atoms with Gasteiger partial charge in [0.05, 0.1) is 12.9 Å². The number of aromatic nitrogens is 5. The molecule has 0 aliphatic rings. The monoisotopic (exact) mass is 300 g/mol. The van der Waals surface area contributed by atoms with Crippen LogP contribution < -0.4 is 5.32 Å². The molecule has 0 aliphatic heterocycles. The van der Waals surface area contributed by atoms with E-state index in [2.05, 4.69) is 30.4 Å². The summed E-state index contributed by atoms with van der Waals surface area (Å²) in [5, 5.41) is 6.18. The topological polar surface area (TPSA) is 92.5 Å². The highest BCUT2D eigenvalue weighted by Crippen LogP contribution is 2.21. The summed E-state index contributed by atoms with van der Waals surface area (Å²) < 4.78 is 29.5. The Hall–Kier alpha value is -2.29. The highest BCUT2D eigenvalue weighted by Gasteiger charge is 2.14. The molecule has 0 unspecified atom stereocenters. The van der Waals surface area contributed by atoms with Crippen LogP contribution in [0.1, 0.15) is 17.9 Å². The quantitative estimate of drug-likeness (QED) is 0.719. The van der Waals surface area contributed by atoms with Gasteiger partial charge in [-0.3, -0.25) is 0 Å². The summed E-state index contributed by atoms with van der Waals surface area (Å²) >= 11 is 5.76. The third-order valence-electron chi connectivity index (χ3n) is 2.49. The van der Waals surface area contributed by atoms with Crippen LogP contribution in [-0.4, -0.2) is 25.1 Å². The number of nitrogens with zero attached hydrogens (tertiary/aromatic N) is 4. The van der Waals surface area contributed by atoms with Crippen molar-refractivity contribution in [2.75, 3.05) is 5.32 Å². The maximum atomic E-state index is 12.4. The van der Waals surface area contributed by atoms with Crippen LogP contribution in [0.3, 0.4) is 0 Å². The maximum absolute atomic E-state index is 12.4. The highest BCUT2D eigenvalue weighted by molar-refractivity contribution is 6.28. The first-order valence-corrected chi connectivity index (χ1v) is 5.85. The van der Waals surface area contributed by atoms with Crippen molar-refractivity contribution >= 4 is 28.6 Å². The number of hydrogen-bond acceptors (Lipinski definition) is 6. The number of H-pyrrole nitrogens is 1. The molecule has 0 amide bonds. The van der Waals surface area contributed by atoms with Gasteiger partial charge in [-0.2, -0.15) is 9.97 Å². The van der Waals surface area contributed by atoms with Gasteiger partial charge in [0.25, 0.3) is 6.43 Å². The number of anilines is 1. The molecule has 0 bridgehead atoms. The zero-order chi connectivity index (χ0) is 14.1. The molecular weight excluding hydrogens is 294 g/mol. The van der Waals surface area contributed by atoms with Gasteiger partial charge >= 0.3 is 0 Å². The predicted octanol–water partition coefficient (Wildman–Crippen LogP) is 2.54. The van der Waals surface area contributed by atoms with Gasteiger partial charge in [-0.1, -0.05) is 5.16 Å². The summed E-state index contributed by atoms with van der Waals surface area (Å²) in [6.07, 6.45) is -1.22. The first-order chi connectivity index (χ1) is 9.63. The molecule has 7 nitrogen and oxygen atoms in total. The molecule has 0 radical (unpaired) electrons. The Morgan fingerprint density at radius 2 is 2.25 bits per heavy atom. The summed E-state index contributed by atoms with van der Waals surface area (Å²) in [5.41, 5.74) is 0.551. The fraction of sp³-hybridized carbons (Fsp3) is 0.200. The van der Waals surface area contributed by atoms with Crippen LogP contribution in [-0.2, 0) is 6.54 Å². The van der Waals surface area contributed by atoms with E-state index in [1.165, 1.54) is 12.4 Å². The van der Waals surface area contributed by atoms with Crippen LogP contribution in [0.2, 0.25) is 5.28 Å². The lowest BCUT2D eigenvalue weighted by molar-refractivity contribution is 0.140. The van der Waals surface area contributed by atoms with E-state index in [-0.39, 0.29) is 17.6 Å². The minimum atomic E-state index is -2.67. The summed E-state index contributed by atoms with van der Waals surface area (Å²) in [5.74, 6) is 0.648. The Morgan fingerprint density at radius 3 is 3.00 bits per heavy atom. The normalized spacial score (nSPS) is 11.4. The molecule has 3 heterocycles. The third kappa shape index (κ3) is 2.39. The lowest BCUT2D eigenvalue weighted by Gasteiger charge is -2.03. The molecule has 0 aromatic carbocycles. The number of imidazole rings is 1. The van der Waals surface area contributed by atoms with E-state index in [1.54, 1.807) is 0 Å². The van der Waals surface area contributed by atoms with Crippen LogP contribution in [0, 0.1) is 0 Å². The van der Waals surface area contributed by atoms with Crippen molar-refractivity contribution in [2.45, 2.75) is 13.0 Å². The predicted molar refractivity (Wildman–Crippen MR) is 65.5 cm³/mol. The second-order valence-electron chi connectivity index (χ2n) is 3.81. The van der Waals surface area contributed by atoms with Crippen molar-refractivity contribution < 1.29 is 13.3 Å². The zero-order valence-corrected chi connectivity index (χ0v) is 10.5. The molecule has 2 N–H and O–H groups in total.